The van der Waals surface area contributed by atoms with Gasteiger partial charge in [0.05, 0.1) is 0 Å². The third kappa shape index (κ3) is 7.25. The van der Waals surface area contributed by atoms with Gasteiger partial charge in [-0.15, -0.1) is 24.0 Å². The lowest BCUT2D eigenvalue weighted by molar-refractivity contribution is -0.0504. The number of ether oxygens (including phenoxy) is 1. The molecular weight excluding hydrogens is 439 g/mol. The molecule has 0 fully saturated rings. The van der Waals surface area contributed by atoms with Gasteiger partial charge in [0.2, 0.25) is 0 Å². The number of hydrogen-bond donors (Lipinski definition) is 2. The van der Waals surface area contributed by atoms with Crippen molar-refractivity contribution >= 4 is 35.6 Å². The van der Waals surface area contributed by atoms with Crippen LogP contribution in [-0.2, 0) is 12.8 Å². The van der Waals surface area contributed by atoms with Gasteiger partial charge < -0.3 is 15.8 Å². The predicted octanol–water partition coefficient (Wildman–Crippen LogP) is 4.44. The van der Waals surface area contributed by atoms with Gasteiger partial charge in [0.15, 0.2) is 5.96 Å². The molecule has 0 spiro atoms. The van der Waals surface area contributed by atoms with Crippen LogP contribution in [-0.4, -0.2) is 19.1 Å². The Labute approximate surface area is 163 Å². The van der Waals surface area contributed by atoms with Gasteiger partial charge in [0, 0.05) is 12.2 Å². The van der Waals surface area contributed by atoms with Crippen LogP contribution < -0.4 is 15.8 Å². The maximum atomic E-state index is 12.4. The quantitative estimate of drug-likeness (QED) is 0.364. The zero-order chi connectivity index (χ0) is 17.4. The Morgan fingerprint density at radius 1 is 1.20 bits per heavy atom. The molecule has 0 aliphatic heterocycles. The Kier molecular flexibility index (Phi) is 9.18. The number of aliphatic imine (C=N–C) groups is 1. The van der Waals surface area contributed by atoms with E-state index in [4.69, 9.17) is 5.73 Å². The van der Waals surface area contributed by atoms with E-state index in [2.05, 4.69) is 22.0 Å². The second kappa shape index (κ2) is 10.9. The summed E-state index contributed by atoms with van der Waals surface area (Å²) in [5.41, 5.74) is 8.61. The fraction of sp³-hybridized carbons (Fsp3) is 0.278. The number of benzene rings is 2. The Hall–Kier alpha value is -1.90. The van der Waals surface area contributed by atoms with Gasteiger partial charge in [-0.05, 0) is 42.2 Å². The van der Waals surface area contributed by atoms with Gasteiger partial charge >= 0.3 is 6.61 Å². The second-order valence-corrected chi connectivity index (χ2v) is 5.18. The highest BCUT2D eigenvalue weighted by atomic mass is 127. The fourth-order valence-electron chi connectivity index (χ4n) is 2.27. The van der Waals surface area contributed by atoms with Gasteiger partial charge in [-0.3, -0.25) is 4.99 Å². The van der Waals surface area contributed by atoms with Gasteiger partial charge in [0.1, 0.15) is 5.75 Å². The molecule has 2 aromatic carbocycles. The molecule has 0 saturated carbocycles. The maximum absolute atomic E-state index is 12.4. The van der Waals surface area contributed by atoms with Crippen molar-refractivity contribution in [2.75, 3.05) is 11.9 Å². The van der Waals surface area contributed by atoms with Crippen LogP contribution in [0.25, 0.3) is 0 Å². The molecular formula is C18H22F2IN3O. The fourth-order valence-corrected chi connectivity index (χ4v) is 2.27. The normalized spacial score (nSPS) is 11.1. The summed E-state index contributed by atoms with van der Waals surface area (Å²) in [5, 5.41) is 3.03. The summed E-state index contributed by atoms with van der Waals surface area (Å²) < 4.78 is 29.2. The standard InChI is InChI=1S/C18H21F2N3O.HI/c1-2-13-6-5-8-15(12-13)23-18(21)22-11-10-14-7-3-4-9-16(14)24-17(19)20;/h3-9,12,17H,2,10-11H2,1H3,(H3,21,22,23);1H. The molecule has 136 valence electrons. The number of alkyl halides is 2. The topological polar surface area (TPSA) is 59.6 Å². The molecule has 0 radical (unpaired) electrons. The van der Waals surface area contributed by atoms with Crippen molar-refractivity contribution < 1.29 is 13.5 Å². The number of para-hydroxylation sites is 1. The molecule has 0 aliphatic carbocycles. The van der Waals surface area contributed by atoms with E-state index >= 15 is 0 Å². The van der Waals surface area contributed by atoms with E-state index in [0.717, 1.165) is 12.1 Å². The molecule has 3 N–H and O–H groups in total. The molecule has 7 heteroatoms. The monoisotopic (exact) mass is 461 g/mol. The molecule has 0 saturated heterocycles. The maximum Gasteiger partial charge on any atom is 0.387 e. The van der Waals surface area contributed by atoms with E-state index in [0.29, 0.717) is 18.5 Å². The number of hydrogen-bond acceptors (Lipinski definition) is 2. The molecule has 0 bridgehead atoms. The van der Waals surface area contributed by atoms with Crippen molar-refractivity contribution in [1.82, 2.24) is 0 Å². The van der Waals surface area contributed by atoms with Crippen LogP contribution in [0.3, 0.4) is 0 Å². The number of halogens is 3. The summed E-state index contributed by atoms with van der Waals surface area (Å²) in [6, 6.07) is 14.6. The number of guanidine groups is 1. The summed E-state index contributed by atoms with van der Waals surface area (Å²) in [7, 11) is 0. The Balaban J connectivity index is 0.00000312. The number of aryl methyl sites for hydroxylation is 1. The van der Waals surface area contributed by atoms with Crippen LogP contribution in [0.5, 0.6) is 5.75 Å². The van der Waals surface area contributed by atoms with E-state index in [-0.39, 0.29) is 35.7 Å². The van der Waals surface area contributed by atoms with Crippen LogP contribution in [0.2, 0.25) is 0 Å². The highest BCUT2D eigenvalue weighted by Crippen LogP contribution is 2.20. The second-order valence-electron chi connectivity index (χ2n) is 5.18. The first-order valence-electron chi connectivity index (χ1n) is 7.77. The Morgan fingerprint density at radius 2 is 1.96 bits per heavy atom. The Morgan fingerprint density at radius 3 is 2.68 bits per heavy atom. The van der Waals surface area contributed by atoms with Crippen molar-refractivity contribution in [3.63, 3.8) is 0 Å². The van der Waals surface area contributed by atoms with E-state index in [1.165, 1.54) is 11.6 Å². The molecule has 0 aliphatic rings. The van der Waals surface area contributed by atoms with Crippen molar-refractivity contribution in [2.24, 2.45) is 10.7 Å². The van der Waals surface area contributed by atoms with E-state index in [1.807, 2.05) is 24.3 Å². The Bertz CT molecular complexity index is 696. The number of nitrogens with zero attached hydrogens (tertiary/aromatic N) is 1. The zero-order valence-corrected chi connectivity index (χ0v) is 16.2. The van der Waals surface area contributed by atoms with Crippen LogP contribution >= 0.6 is 24.0 Å². The molecule has 0 amide bonds. The average molecular weight is 461 g/mol. The first-order valence-corrected chi connectivity index (χ1v) is 7.77. The van der Waals surface area contributed by atoms with Crippen molar-refractivity contribution in [1.29, 1.82) is 0 Å². The first kappa shape index (κ1) is 21.1. The van der Waals surface area contributed by atoms with Crippen molar-refractivity contribution in [3.8, 4) is 5.75 Å². The minimum absolute atomic E-state index is 0. The van der Waals surface area contributed by atoms with Gasteiger partial charge in [0.25, 0.3) is 0 Å². The number of rotatable bonds is 7. The van der Waals surface area contributed by atoms with Crippen LogP contribution in [0.1, 0.15) is 18.1 Å². The zero-order valence-electron chi connectivity index (χ0n) is 13.9. The van der Waals surface area contributed by atoms with Gasteiger partial charge in [-0.1, -0.05) is 37.3 Å². The molecule has 4 nitrogen and oxygen atoms in total. The van der Waals surface area contributed by atoms with Crippen molar-refractivity contribution in [2.45, 2.75) is 26.4 Å². The minimum atomic E-state index is -2.84. The average Bonchev–Trinajstić information content (AvgIpc) is 2.56. The first-order chi connectivity index (χ1) is 11.6. The summed E-state index contributed by atoms with van der Waals surface area (Å²) in [6.45, 7) is -0.391. The molecule has 2 rings (SSSR count). The number of nitrogens with two attached hydrogens (primary N) is 1. The summed E-state index contributed by atoms with van der Waals surface area (Å²) in [6.07, 6.45) is 1.40. The summed E-state index contributed by atoms with van der Waals surface area (Å²) >= 11 is 0. The molecule has 0 atom stereocenters. The number of anilines is 1. The van der Waals surface area contributed by atoms with E-state index in [9.17, 15) is 8.78 Å². The highest BCUT2D eigenvalue weighted by Gasteiger charge is 2.08. The smallest absolute Gasteiger partial charge is 0.387 e. The van der Waals surface area contributed by atoms with Gasteiger partial charge in [-0.25, -0.2) is 0 Å². The third-order valence-electron chi connectivity index (χ3n) is 3.46. The lowest BCUT2D eigenvalue weighted by atomic mass is 10.1. The molecule has 2 aromatic rings. The number of nitrogens with one attached hydrogen (secondary N) is 1. The molecule has 25 heavy (non-hydrogen) atoms. The van der Waals surface area contributed by atoms with E-state index < -0.39 is 6.61 Å². The molecule has 0 aromatic heterocycles. The SMILES string of the molecule is CCc1cccc(NC(N)=NCCc2ccccc2OC(F)F)c1.I. The van der Waals surface area contributed by atoms with Gasteiger partial charge in [-0.2, -0.15) is 8.78 Å². The highest BCUT2D eigenvalue weighted by molar-refractivity contribution is 14.0. The van der Waals surface area contributed by atoms with Crippen LogP contribution in [0, 0.1) is 0 Å². The summed E-state index contributed by atoms with van der Waals surface area (Å²) in [5.74, 6) is 0.459. The van der Waals surface area contributed by atoms with E-state index in [1.54, 1.807) is 18.2 Å². The van der Waals surface area contributed by atoms with Crippen LogP contribution in [0.4, 0.5) is 14.5 Å². The van der Waals surface area contributed by atoms with Crippen LogP contribution in [0.15, 0.2) is 53.5 Å². The lowest BCUT2D eigenvalue weighted by Crippen LogP contribution is -2.23. The largest absolute Gasteiger partial charge is 0.435 e. The van der Waals surface area contributed by atoms with Crippen molar-refractivity contribution in [3.05, 3.63) is 59.7 Å². The molecule has 0 unspecified atom stereocenters. The lowest BCUT2D eigenvalue weighted by Gasteiger charge is -2.10. The summed E-state index contributed by atoms with van der Waals surface area (Å²) in [4.78, 5) is 4.23. The minimum Gasteiger partial charge on any atom is -0.435 e. The third-order valence-corrected chi connectivity index (χ3v) is 3.46. The molecule has 0 heterocycles. The predicted molar refractivity (Wildman–Crippen MR) is 108 cm³/mol.